The van der Waals surface area contributed by atoms with E-state index in [0.717, 1.165) is 11.4 Å². The minimum atomic E-state index is 0. The predicted molar refractivity (Wildman–Crippen MR) is 56.7 cm³/mol. The van der Waals surface area contributed by atoms with Gasteiger partial charge in [-0.25, -0.2) is 0 Å². The van der Waals surface area contributed by atoms with Crippen LogP contribution in [0.4, 0.5) is 11.4 Å². The fourth-order valence-electron chi connectivity index (χ4n) is 0.725. The molecule has 0 heterocycles. The molecule has 1 aromatic rings. The zero-order valence-electron chi connectivity index (χ0n) is 7.51. The third-order valence-corrected chi connectivity index (χ3v) is 1.23. The van der Waals surface area contributed by atoms with Gasteiger partial charge in [0, 0.05) is 7.05 Å². The number of hydrogen-bond donors (Lipinski definition) is 3. The summed E-state index contributed by atoms with van der Waals surface area (Å²) in [4.78, 5) is 0. The zero-order valence-corrected chi connectivity index (χ0v) is 7.51. The van der Waals surface area contributed by atoms with E-state index in [1.54, 1.807) is 0 Å². The van der Waals surface area contributed by atoms with Crippen LogP contribution in [0.15, 0.2) is 37.4 Å². The first-order valence-corrected chi connectivity index (χ1v) is 3.37. The first-order valence-electron chi connectivity index (χ1n) is 3.37. The molecule has 0 radical (unpaired) electrons. The van der Waals surface area contributed by atoms with E-state index >= 15 is 0 Å². The number of rotatable bonds is 1. The van der Waals surface area contributed by atoms with Crippen molar-refractivity contribution in [2.45, 2.75) is 0 Å². The molecule has 68 valence electrons. The van der Waals surface area contributed by atoms with Crippen LogP contribution in [0, 0.1) is 0 Å². The number of benzene rings is 1. The molecule has 0 amide bonds. The second-order valence-corrected chi connectivity index (χ2v) is 1.84. The molecular weight excluding hydrogens is 150 g/mol. The minimum absolute atomic E-state index is 0. The number of hydrogen-bond acceptors (Lipinski definition) is 3. The first kappa shape index (κ1) is 13.1. The molecule has 1 rings (SSSR count). The van der Waals surface area contributed by atoms with Crippen molar-refractivity contribution >= 4 is 11.4 Å². The van der Waals surface area contributed by atoms with Crippen molar-refractivity contribution in [1.29, 1.82) is 0 Å². The number of nitrogen functional groups attached to an aromatic ring is 1. The van der Waals surface area contributed by atoms with E-state index in [1.165, 1.54) is 0 Å². The van der Waals surface area contributed by atoms with Crippen LogP contribution in [-0.4, -0.2) is 7.05 Å². The van der Waals surface area contributed by atoms with E-state index in [-0.39, 0.29) is 6.15 Å². The van der Waals surface area contributed by atoms with Crippen molar-refractivity contribution in [3.05, 3.63) is 37.4 Å². The Morgan fingerprint density at radius 1 is 1.25 bits per heavy atom. The number of nitrogens with two attached hydrogens (primary N) is 1. The van der Waals surface area contributed by atoms with Gasteiger partial charge in [0.2, 0.25) is 0 Å². The summed E-state index contributed by atoms with van der Waals surface area (Å²) in [6.45, 7) is 6.00. The molecule has 6 N–H and O–H groups in total. The van der Waals surface area contributed by atoms with Crippen molar-refractivity contribution in [3.8, 4) is 0 Å². The van der Waals surface area contributed by atoms with Crippen LogP contribution >= 0.6 is 0 Å². The molecule has 0 atom stereocenters. The largest absolute Gasteiger partial charge is 0.397 e. The Bertz CT molecular complexity index is 211. The lowest BCUT2D eigenvalue weighted by Crippen LogP contribution is -1.93. The summed E-state index contributed by atoms with van der Waals surface area (Å²) in [5.41, 5.74) is 7.34. The summed E-state index contributed by atoms with van der Waals surface area (Å²) in [6, 6.07) is 7.67. The Labute approximate surface area is 73.9 Å². The molecule has 0 aromatic heterocycles. The highest BCUT2D eigenvalue weighted by molar-refractivity contribution is 5.65. The Balaban J connectivity index is 0. The molecule has 0 unspecified atom stereocenters. The summed E-state index contributed by atoms with van der Waals surface area (Å²) < 4.78 is 0. The molecule has 0 aliphatic rings. The van der Waals surface area contributed by atoms with Gasteiger partial charge in [-0.3, -0.25) is 0 Å². The molecule has 0 saturated heterocycles. The van der Waals surface area contributed by atoms with Crippen LogP contribution in [0.1, 0.15) is 0 Å². The van der Waals surface area contributed by atoms with E-state index in [2.05, 4.69) is 18.5 Å². The summed E-state index contributed by atoms with van der Waals surface area (Å²) in [5.74, 6) is 0. The van der Waals surface area contributed by atoms with Crippen molar-refractivity contribution in [2.24, 2.45) is 0 Å². The lowest BCUT2D eigenvalue weighted by atomic mass is 10.3. The summed E-state index contributed by atoms with van der Waals surface area (Å²) in [6.07, 6.45) is 0. The molecule has 0 fully saturated rings. The van der Waals surface area contributed by atoms with Crippen molar-refractivity contribution < 1.29 is 0 Å². The van der Waals surface area contributed by atoms with Gasteiger partial charge in [0.1, 0.15) is 0 Å². The van der Waals surface area contributed by atoms with Crippen molar-refractivity contribution in [2.75, 3.05) is 18.1 Å². The van der Waals surface area contributed by atoms with E-state index < -0.39 is 0 Å². The van der Waals surface area contributed by atoms with E-state index in [4.69, 9.17) is 5.73 Å². The lowest BCUT2D eigenvalue weighted by Gasteiger charge is -2.01. The molecule has 3 nitrogen and oxygen atoms in total. The Hall–Kier alpha value is -1.48. The molecule has 12 heavy (non-hydrogen) atoms. The topological polar surface area (TPSA) is 73.0 Å². The third-order valence-electron chi connectivity index (χ3n) is 1.23. The number of anilines is 2. The fraction of sp³-hybridized carbons (Fsp3) is 0.111. The minimum Gasteiger partial charge on any atom is -0.397 e. The molecule has 0 saturated carbocycles. The second kappa shape index (κ2) is 7.63. The third kappa shape index (κ3) is 3.63. The molecule has 1 aromatic carbocycles. The molecule has 0 aliphatic carbocycles. The SMILES string of the molecule is C=C.CNc1ccccc1N.N. The van der Waals surface area contributed by atoms with Crippen LogP contribution in [0.3, 0.4) is 0 Å². The molecule has 0 bridgehead atoms. The maximum atomic E-state index is 5.57. The monoisotopic (exact) mass is 167 g/mol. The number of nitrogens with one attached hydrogen (secondary N) is 1. The predicted octanol–water partition coefficient (Wildman–Crippen LogP) is 2.27. The Kier molecular flexibility index (Phi) is 8.35. The number of para-hydroxylation sites is 2. The van der Waals surface area contributed by atoms with Crippen LogP contribution in [-0.2, 0) is 0 Å². The maximum Gasteiger partial charge on any atom is 0.0571 e. The maximum absolute atomic E-state index is 5.57. The molecular formula is C9H17N3. The Morgan fingerprint density at radius 3 is 2.08 bits per heavy atom. The van der Waals surface area contributed by atoms with Gasteiger partial charge in [-0.15, -0.1) is 13.2 Å². The standard InChI is InChI=1S/C7H10N2.C2H4.H3N/c1-9-7-5-3-2-4-6(7)8;1-2;/h2-5,9H,8H2,1H3;1-2H2;1H3. The summed E-state index contributed by atoms with van der Waals surface area (Å²) in [5, 5.41) is 2.97. The van der Waals surface area contributed by atoms with E-state index in [9.17, 15) is 0 Å². The van der Waals surface area contributed by atoms with Gasteiger partial charge in [0.25, 0.3) is 0 Å². The van der Waals surface area contributed by atoms with Crippen LogP contribution in [0.5, 0.6) is 0 Å². The van der Waals surface area contributed by atoms with E-state index in [0.29, 0.717) is 0 Å². The average Bonchev–Trinajstić information content (AvgIpc) is 2.09. The van der Waals surface area contributed by atoms with Crippen LogP contribution in [0.25, 0.3) is 0 Å². The van der Waals surface area contributed by atoms with Crippen LogP contribution < -0.4 is 17.2 Å². The lowest BCUT2D eigenvalue weighted by molar-refractivity contribution is 1.51. The molecule has 0 aliphatic heterocycles. The van der Waals surface area contributed by atoms with Gasteiger partial charge in [0.05, 0.1) is 11.4 Å². The summed E-state index contributed by atoms with van der Waals surface area (Å²) >= 11 is 0. The van der Waals surface area contributed by atoms with E-state index in [1.807, 2.05) is 31.3 Å². The van der Waals surface area contributed by atoms with Gasteiger partial charge in [-0.2, -0.15) is 0 Å². The average molecular weight is 167 g/mol. The highest BCUT2D eigenvalue weighted by Gasteiger charge is 1.89. The fourth-order valence-corrected chi connectivity index (χ4v) is 0.725. The van der Waals surface area contributed by atoms with Gasteiger partial charge in [-0.05, 0) is 12.1 Å². The summed E-state index contributed by atoms with van der Waals surface area (Å²) in [7, 11) is 1.85. The normalized spacial score (nSPS) is 7.08. The first-order chi connectivity index (χ1) is 5.34. The highest BCUT2D eigenvalue weighted by atomic mass is 14.8. The molecule has 3 heteroatoms. The van der Waals surface area contributed by atoms with Gasteiger partial charge in [-0.1, -0.05) is 12.1 Å². The Morgan fingerprint density at radius 2 is 1.75 bits per heavy atom. The second-order valence-electron chi connectivity index (χ2n) is 1.84. The smallest absolute Gasteiger partial charge is 0.0571 e. The quantitative estimate of drug-likeness (QED) is 0.443. The van der Waals surface area contributed by atoms with Gasteiger partial charge < -0.3 is 17.2 Å². The van der Waals surface area contributed by atoms with Crippen molar-refractivity contribution in [3.63, 3.8) is 0 Å². The highest BCUT2D eigenvalue weighted by Crippen LogP contribution is 2.14. The van der Waals surface area contributed by atoms with Crippen molar-refractivity contribution in [1.82, 2.24) is 6.15 Å². The zero-order chi connectivity index (χ0) is 8.69. The molecule has 0 spiro atoms. The van der Waals surface area contributed by atoms with Crippen LogP contribution in [0.2, 0.25) is 0 Å². The van der Waals surface area contributed by atoms with Gasteiger partial charge in [0.15, 0.2) is 0 Å². The van der Waals surface area contributed by atoms with Gasteiger partial charge >= 0.3 is 0 Å².